The molecule has 0 spiro atoms. The van der Waals surface area contributed by atoms with Crippen LogP contribution >= 0.6 is 11.6 Å². The zero-order chi connectivity index (χ0) is 17.4. The van der Waals surface area contributed by atoms with E-state index in [-0.39, 0.29) is 24.1 Å². The molecular weight excluding hydrogens is 345 g/mol. The lowest BCUT2D eigenvalue weighted by Crippen LogP contribution is -2.24. The van der Waals surface area contributed by atoms with Crippen LogP contribution in [0.25, 0.3) is 11.4 Å². The minimum atomic E-state index is -0.338. The first-order valence-corrected chi connectivity index (χ1v) is 8.13. The first kappa shape index (κ1) is 15.8. The second-order valence-corrected chi connectivity index (χ2v) is 6.28. The highest BCUT2D eigenvalue weighted by Crippen LogP contribution is 2.32. The first-order valence-electron chi connectivity index (χ1n) is 7.75. The summed E-state index contributed by atoms with van der Waals surface area (Å²) >= 11 is 5.98. The molecule has 0 aliphatic carbocycles. The second kappa shape index (κ2) is 6.29. The van der Waals surface area contributed by atoms with E-state index in [0.717, 1.165) is 5.56 Å². The third kappa shape index (κ3) is 3.13. The summed E-state index contributed by atoms with van der Waals surface area (Å²) in [4.78, 5) is 18.3. The van der Waals surface area contributed by atoms with Crippen LogP contribution in [0.2, 0.25) is 5.02 Å². The largest absolute Gasteiger partial charge is 0.339 e. The van der Waals surface area contributed by atoms with E-state index in [4.69, 9.17) is 16.1 Å². The highest BCUT2D eigenvalue weighted by Gasteiger charge is 2.35. The fraction of sp³-hybridized carbons (Fsp3) is 0.167. The Morgan fingerprint density at radius 3 is 2.76 bits per heavy atom. The van der Waals surface area contributed by atoms with Crippen LogP contribution < -0.4 is 4.90 Å². The molecule has 25 heavy (non-hydrogen) atoms. The van der Waals surface area contributed by atoms with E-state index in [1.165, 1.54) is 12.1 Å². The third-order valence-electron chi connectivity index (χ3n) is 4.14. The van der Waals surface area contributed by atoms with Gasteiger partial charge in [-0.1, -0.05) is 28.9 Å². The van der Waals surface area contributed by atoms with Gasteiger partial charge in [0.25, 0.3) is 0 Å². The predicted octanol–water partition coefficient (Wildman–Crippen LogP) is 4.05. The first-order chi connectivity index (χ1) is 12.1. The SMILES string of the molecule is O=C1C[C@H](c2nc(-c3cccc(Cl)c3)no2)CN1c1ccc(F)cc1. The molecule has 1 amide bonds. The molecular formula is C18H13ClFN3O2. The van der Waals surface area contributed by atoms with Crippen molar-refractivity contribution in [2.45, 2.75) is 12.3 Å². The van der Waals surface area contributed by atoms with Gasteiger partial charge in [0, 0.05) is 29.2 Å². The van der Waals surface area contributed by atoms with Crippen LogP contribution in [0.1, 0.15) is 18.2 Å². The van der Waals surface area contributed by atoms with Crippen molar-refractivity contribution in [3.63, 3.8) is 0 Å². The molecule has 1 saturated heterocycles. The molecule has 5 nitrogen and oxygen atoms in total. The van der Waals surface area contributed by atoms with E-state index >= 15 is 0 Å². The van der Waals surface area contributed by atoms with Gasteiger partial charge < -0.3 is 9.42 Å². The summed E-state index contributed by atoms with van der Waals surface area (Å²) in [6, 6.07) is 13.0. The molecule has 7 heteroatoms. The molecule has 1 fully saturated rings. The van der Waals surface area contributed by atoms with Crippen molar-refractivity contribution < 1.29 is 13.7 Å². The van der Waals surface area contributed by atoms with Gasteiger partial charge in [0.15, 0.2) is 0 Å². The Morgan fingerprint density at radius 2 is 2.00 bits per heavy atom. The number of hydrogen-bond acceptors (Lipinski definition) is 4. The van der Waals surface area contributed by atoms with Crippen LogP contribution in [0, 0.1) is 5.82 Å². The van der Waals surface area contributed by atoms with Gasteiger partial charge in [0.05, 0.1) is 5.92 Å². The molecule has 0 unspecified atom stereocenters. The van der Waals surface area contributed by atoms with Crippen LogP contribution in [0.3, 0.4) is 0 Å². The smallest absolute Gasteiger partial charge is 0.232 e. The highest BCUT2D eigenvalue weighted by molar-refractivity contribution is 6.30. The van der Waals surface area contributed by atoms with E-state index in [2.05, 4.69) is 10.1 Å². The van der Waals surface area contributed by atoms with Crippen LogP contribution in [-0.4, -0.2) is 22.6 Å². The number of anilines is 1. The van der Waals surface area contributed by atoms with E-state index < -0.39 is 0 Å². The number of amides is 1. The van der Waals surface area contributed by atoms with Crippen molar-refractivity contribution in [2.75, 3.05) is 11.4 Å². The number of halogens is 2. The van der Waals surface area contributed by atoms with E-state index in [1.54, 1.807) is 29.2 Å². The average Bonchev–Trinajstić information content (AvgIpc) is 3.23. The summed E-state index contributed by atoms with van der Waals surface area (Å²) < 4.78 is 18.4. The molecule has 4 rings (SSSR count). The van der Waals surface area contributed by atoms with E-state index in [0.29, 0.717) is 29.0 Å². The van der Waals surface area contributed by atoms with Crippen LogP contribution in [0.15, 0.2) is 53.1 Å². The fourth-order valence-electron chi connectivity index (χ4n) is 2.89. The van der Waals surface area contributed by atoms with Crippen LogP contribution in [-0.2, 0) is 4.79 Å². The van der Waals surface area contributed by atoms with Crippen molar-refractivity contribution in [3.8, 4) is 11.4 Å². The van der Waals surface area contributed by atoms with E-state index in [1.807, 2.05) is 12.1 Å². The summed E-state index contributed by atoms with van der Waals surface area (Å²) in [7, 11) is 0. The molecule has 0 bridgehead atoms. The molecule has 0 N–H and O–H groups in total. The van der Waals surface area contributed by atoms with Gasteiger partial charge in [-0.15, -0.1) is 0 Å². The lowest BCUT2D eigenvalue weighted by atomic mass is 10.1. The number of benzene rings is 2. The van der Waals surface area contributed by atoms with Crippen LogP contribution in [0.4, 0.5) is 10.1 Å². The lowest BCUT2D eigenvalue weighted by Gasteiger charge is -2.15. The zero-order valence-corrected chi connectivity index (χ0v) is 13.8. The fourth-order valence-corrected chi connectivity index (χ4v) is 3.08. The molecule has 1 atom stereocenters. The summed E-state index contributed by atoms with van der Waals surface area (Å²) in [5.74, 6) is 0.255. The van der Waals surface area contributed by atoms with E-state index in [9.17, 15) is 9.18 Å². The summed E-state index contributed by atoms with van der Waals surface area (Å²) in [6.45, 7) is 0.418. The predicted molar refractivity (Wildman–Crippen MR) is 90.9 cm³/mol. The van der Waals surface area contributed by atoms with Crippen molar-refractivity contribution in [2.24, 2.45) is 0 Å². The van der Waals surface area contributed by atoms with Crippen molar-refractivity contribution in [1.82, 2.24) is 10.1 Å². The quantitative estimate of drug-likeness (QED) is 0.709. The summed E-state index contributed by atoms with van der Waals surface area (Å²) in [5, 5.41) is 4.57. The van der Waals surface area contributed by atoms with Crippen molar-refractivity contribution in [3.05, 3.63) is 65.3 Å². The maximum Gasteiger partial charge on any atom is 0.232 e. The normalized spacial score (nSPS) is 17.3. The van der Waals surface area contributed by atoms with Gasteiger partial charge in [-0.05, 0) is 36.4 Å². The molecule has 3 aromatic rings. The standard InChI is InChI=1S/C18H13ClFN3O2/c19-13-3-1-2-11(8-13)17-21-18(25-22-17)12-9-16(24)23(10-12)15-6-4-14(20)5-7-15/h1-8,12H,9-10H2/t12-/m0/s1. The molecule has 2 aromatic carbocycles. The Labute approximate surface area is 148 Å². The molecule has 2 heterocycles. The van der Waals surface area contributed by atoms with Crippen LogP contribution in [0.5, 0.6) is 0 Å². The Hall–Kier alpha value is -2.73. The number of nitrogens with zero attached hydrogens (tertiary/aromatic N) is 3. The second-order valence-electron chi connectivity index (χ2n) is 5.85. The zero-order valence-electron chi connectivity index (χ0n) is 13.0. The Kier molecular flexibility index (Phi) is 3.97. The highest BCUT2D eigenvalue weighted by atomic mass is 35.5. The number of hydrogen-bond donors (Lipinski definition) is 0. The number of carbonyl (C=O) groups is 1. The van der Waals surface area contributed by atoms with Gasteiger partial charge in [-0.3, -0.25) is 4.79 Å². The maximum atomic E-state index is 13.1. The Balaban J connectivity index is 1.55. The Bertz CT molecular complexity index is 926. The monoisotopic (exact) mass is 357 g/mol. The summed E-state index contributed by atoms with van der Waals surface area (Å²) in [6.07, 6.45) is 0.272. The maximum absolute atomic E-state index is 13.1. The van der Waals surface area contributed by atoms with Gasteiger partial charge in [0.1, 0.15) is 5.82 Å². The minimum absolute atomic E-state index is 0.0564. The topological polar surface area (TPSA) is 59.2 Å². The number of rotatable bonds is 3. The molecule has 1 aliphatic heterocycles. The van der Waals surface area contributed by atoms with Gasteiger partial charge >= 0.3 is 0 Å². The van der Waals surface area contributed by atoms with Crippen molar-refractivity contribution in [1.29, 1.82) is 0 Å². The number of aromatic nitrogens is 2. The lowest BCUT2D eigenvalue weighted by molar-refractivity contribution is -0.117. The molecule has 1 aliphatic rings. The molecule has 126 valence electrons. The number of carbonyl (C=O) groups excluding carboxylic acids is 1. The third-order valence-corrected chi connectivity index (χ3v) is 4.37. The van der Waals surface area contributed by atoms with Gasteiger partial charge in [-0.2, -0.15) is 4.98 Å². The average molecular weight is 358 g/mol. The van der Waals surface area contributed by atoms with Gasteiger partial charge in [0.2, 0.25) is 17.6 Å². The molecule has 0 saturated carbocycles. The minimum Gasteiger partial charge on any atom is -0.339 e. The molecule has 1 aromatic heterocycles. The Morgan fingerprint density at radius 1 is 1.20 bits per heavy atom. The summed E-state index contributed by atoms with van der Waals surface area (Å²) in [5.41, 5.74) is 1.41. The van der Waals surface area contributed by atoms with Crippen molar-refractivity contribution >= 4 is 23.2 Å². The molecule has 0 radical (unpaired) electrons. The van der Waals surface area contributed by atoms with Gasteiger partial charge in [-0.25, -0.2) is 4.39 Å².